The van der Waals surface area contributed by atoms with E-state index in [-0.39, 0.29) is 48.0 Å². The summed E-state index contributed by atoms with van der Waals surface area (Å²) < 4.78 is 31.9. The molecule has 2 amide bonds. The van der Waals surface area contributed by atoms with Crippen LogP contribution in [-0.4, -0.2) is 67.3 Å². The first kappa shape index (κ1) is 17.9. The van der Waals surface area contributed by atoms with Crippen LogP contribution >= 0.6 is 0 Å². The molecule has 0 saturated carbocycles. The Bertz CT molecular complexity index is 760. The maximum atomic E-state index is 12.8. The first-order valence-corrected chi connectivity index (χ1v) is 9.73. The number of piperazine rings is 1. The molecule has 0 bridgehead atoms. The van der Waals surface area contributed by atoms with Gasteiger partial charge in [0.25, 0.3) is 0 Å². The molecule has 2 aliphatic rings. The van der Waals surface area contributed by atoms with Gasteiger partial charge in [0, 0.05) is 32.1 Å². The molecular weight excluding hydrogens is 348 g/mol. The van der Waals surface area contributed by atoms with Gasteiger partial charge in [0.2, 0.25) is 21.8 Å². The molecule has 1 aromatic heterocycles. The summed E-state index contributed by atoms with van der Waals surface area (Å²) >= 11 is 0. The third-order valence-electron chi connectivity index (χ3n) is 4.72. The maximum absolute atomic E-state index is 12.8. The minimum Gasteiger partial charge on any atom is -0.360 e. The van der Waals surface area contributed by atoms with Gasteiger partial charge in [-0.15, -0.1) is 0 Å². The van der Waals surface area contributed by atoms with Gasteiger partial charge < -0.3 is 14.7 Å². The van der Waals surface area contributed by atoms with Crippen LogP contribution in [0.4, 0.5) is 0 Å². The summed E-state index contributed by atoms with van der Waals surface area (Å²) in [5.41, 5.74) is 0.343. The largest absolute Gasteiger partial charge is 0.360 e. The molecule has 138 valence electrons. The van der Waals surface area contributed by atoms with Gasteiger partial charge in [-0.1, -0.05) is 5.16 Å². The van der Waals surface area contributed by atoms with Crippen molar-refractivity contribution < 1.29 is 22.5 Å². The monoisotopic (exact) mass is 370 g/mol. The van der Waals surface area contributed by atoms with E-state index in [0.717, 1.165) is 0 Å². The van der Waals surface area contributed by atoms with Crippen molar-refractivity contribution in [2.75, 3.05) is 32.7 Å². The molecule has 2 saturated heterocycles. The number of aromatic nitrogens is 1. The van der Waals surface area contributed by atoms with E-state index in [0.29, 0.717) is 31.6 Å². The van der Waals surface area contributed by atoms with Crippen molar-refractivity contribution in [1.82, 2.24) is 19.7 Å². The number of hydrogen-bond donors (Lipinski definition) is 1. The Morgan fingerprint density at radius 2 is 1.92 bits per heavy atom. The third-order valence-corrected chi connectivity index (χ3v) is 6.86. The van der Waals surface area contributed by atoms with Crippen LogP contribution in [0.3, 0.4) is 0 Å². The second-order valence-corrected chi connectivity index (χ2v) is 8.32. The molecule has 3 rings (SSSR count). The molecule has 1 aromatic rings. The number of aryl methyl sites for hydroxylation is 2. The van der Waals surface area contributed by atoms with Crippen LogP contribution in [0.25, 0.3) is 0 Å². The highest BCUT2D eigenvalue weighted by molar-refractivity contribution is 7.89. The fraction of sp³-hybridized carbons (Fsp3) is 0.667. The lowest BCUT2D eigenvalue weighted by Gasteiger charge is -2.34. The molecule has 2 fully saturated rings. The van der Waals surface area contributed by atoms with E-state index in [1.165, 1.54) is 4.31 Å². The number of carbonyl (C=O) groups is 2. The van der Waals surface area contributed by atoms with Gasteiger partial charge in [-0.3, -0.25) is 9.59 Å². The summed E-state index contributed by atoms with van der Waals surface area (Å²) in [6.45, 7) is 4.75. The normalized spacial score (nSPS) is 20.6. The number of nitrogens with one attached hydrogen (secondary N) is 1. The van der Waals surface area contributed by atoms with E-state index in [1.54, 1.807) is 18.7 Å². The van der Waals surface area contributed by atoms with E-state index < -0.39 is 10.0 Å². The summed E-state index contributed by atoms with van der Waals surface area (Å²) in [7, 11) is -3.67. The van der Waals surface area contributed by atoms with Crippen LogP contribution in [0.15, 0.2) is 9.42 Å². The first-order valence-electron chi connectivity index (χ1n) is 8.29. The maximum Gasteiger partial charge on any atom is 0.248 e. The van der Waals surface area contributed by atoms with Gasteiger partial charge in [-0.05, 0) is 26.7 Å². The summed E-state index contributed by atoms with van der Waals surface area (Å²) in [5.74, 6) is -0.195. The predicted molar refractivity (Wildman–Crippen MR) is 87.0 cm³/mol. The average Bonchev–Trinajstić information content (AvgIpc) is 2.93. The van der Waals surface area contributed by atoms with Gasteiger partial charge in [0.1, 0.15) is 10.6 Å². The minimum atomic E-state index is -3.67. The zero-order valence-electron chi connectivity index (χ0n) is 14.3. The van der Waals surface area contributed by atoms with Gasteiger partial charge in [0.05, 0.1) is 6.54 Å². The van der Waals surface area contributed by atoms with Crippen molar-refractivity contribution in [3.05, 3.63) is 11.5 Å². The van der Waals surface area contributed by atoms with Crippen LogP contribution in [0.1, 0.15) is 24.3 Å². The van der Waals surface area contributed by atoms with Crippen LogP contribution in [0.5, 0.6) is 0 Å². The molecule has 2 aliphatic heterocycles. The Balaban J connectivity index is 1.65. The molecule has 1 N–H and O–H groups in total. The zero-order valence-corrected chi connectivity index (χ0v) is 15.1. The third kappa shape index (κ3) is 3.40. The fourth-order valence-electron chi connectivity index (χ4n) is 3.40. The Labute approximate surface area is 146 Å². The highest BCUT2D eigenvalue weighted by atomic mass is 32.2. The number of hydrogen-bond acceptors (Lipinski definition) is 6. The van der Waals surface area contributed by atoms with Crippen molar-refractivity contribution in [1.29, 1.82) is 0 Å². The predicted octanol–water partition coefficient (Wildman–Crippen LogP) is -0.349. The smallest absolute Gasteiger partial charge is 0.248 e. The SMILES string of the molecule is Cc1noc(C)c1S(=O)(=O)N1CCC(C(=O)N2CCNC(=O)C2)CC1. The summed E-state index contributed by atoms with van der Waals surface area (Å²) in [6.07, 6.45) is 0.888. The molecule has 0 aliphatic carbocycles. The molecule has 0 aromatic carbocycles. The number of rotatable bonds is 3. The van der Waals surface area contributed by atoms with Crippen molar-refractivity contribution in [2.45, 2.75) is 31.6 Å². The molecular formula is C15H22N4O5S. The molecule has 0 unspecified atom stereocenters. The number of carbonyl (C=O) groups excluding carboxylic acids is 2. The Morgan fingerprint density at radius 3 is 2.48 bits per heavy atom. The van der Waals surface area contributed by atoms with Crippen molar-refractivity contribution in [2.24, 2.45) is 5.92 Å². The van der Waals surface area contributed by atoms with Crippen molar-refractivity contribution >= 4 is 21.8 Å². The molecule has 0 atom stereocenters. The lowest BCUT2D eigenvalue weighted by atomic mass is 9.96. The molecule has 0 radical (unpaired) electrons. The van der Waals surface area contributed by atoms with Crippen LogP contribution < -0.4 is 5.32 Å². The number of nitrogens with zero attached hydrogens (tertiary/aromatic N) is 3. The van der Waals surface area contributed by atoms with Crippen molar-refractivity contribution in [3.63, 3.8) is 0 Å². The van der Waals surface area contributed by atoms with E-state index in [9.17, 15) is 18.0 Å². The zero-order chi connectivity index (χ0) is 18.2. The molecule has 3 heterocycles. The fourth-order valence-corrected chi connectivity index (χ4v) is 5.16. The summed E-state index contributed by atoms with van der Waals surface area (Å²) in [5, 5.41) is 6.40. The van der Waals surface area contributed by atoms with Crippen molar-refractivity contribution in [3.8, 4) is 0 Å². The van der Waals surface area contributed by atoms with E-state index in [4.69, 9.17) is 4.52 Å². The Morgan fingerprint density at radius 1 is 1.24 bits per heavy atom. The number of amides is 2. The van der Waals surface area contributed by atoms with Gasteiger partial charge in [-0.25, -0.2) is 8.42 Å². The second-order valence-electron chi connectivity index (χ2n) is 6.44. The molecule has 10 heteroatoms. The van der Waals surface area contributed by atoms with Gasteiger partial charge in [-0.2, -0.15) is 4.31 Å². The highest BCUT2D eigenvalue weighted by Crippen LogP contribution is 2.28. The van der Waals surface area contributed by atoms with Gasteiger partial charge in [0.15, 0.2) is 5.76 Å². The standard InChI is InChI=1S/C15H22N4O5S/c1-10-14(11(2)24-17-10)25(22,23)19-6-3-12(4-7-19)15(21)18-8-5-16-13(20)9-18/h12H,3-9H2,1-2H3,(H,16,20). The lowest BCUT2D eigenvalue weighted by molar-refractivity contribution is -0.142. The quantitative estimate of drug-likeness (QED) is 0.778. The van der Waals surface area contributed by atoms with Crippen LogP contribution in [0.2, 0.25) is 0 Å². The van der Waals surface area contributed by atoms with E-state index >= 15 is 0 Å². The van der Waals surface area contributed by atoms with E-state index in [1.807, 2.05) is 0 Å². The van der Waals surface area contributed by atoms with Crippen LogP contribution in [-0.2, 0) is 19.6 Å². The highest BCUT2D eigenvalue weighted by Gasteiger charge is 2.37. The van der Waals surface area contributed by atoms with Gasteiger partial charge >= 0.3 is 0 Å². The molecule has 9 nitrogen and oxygen atoms in total. The Kier molecular flexibility index (Phi) is 4.83. The summed E-state index contributed by atoms with van der Waals surface area (Å²) in [4.78, 5) is 25.7. The lowest BCUT2D eigenvalue weighted by Crippen LogP contribution is -2.53. The average molecular weight is 370 g/mol. The first-order chi connectivity index (χ1) is 11.8. The minimum absolute atomic E-state index is 0.0655. The molecule has 25 heavy (non-hydrogen) atoms. The second kappa shape index (κ2) is 6.75. The topological polar surface area (TPSA) is 113 Å². The Hall–Kier alpha value is -1.94. The summed E-state index contributed by atoms with van der Waals surface area (Å²) in [6, 6.07) is 0. The van der Waals surface area contributed by atoms with Crippen LogP contribution in [0, 0.1) is 19.8 Å². The molecule has 0 spiro atoms. The number of sulfonamides is 1. The number of piperidine rings is 1. The van der Waals surface area contributed by atoms with E-state index in [2.05, 4.69) is 10.5 Å².